The highest BCUT2D eigenvalue weighted by Crippen LogP contribution is 2.08. The molecule has 0 bridgehead atoms. The zero-order valence-corrected chi connectivity index (χ0v) is 9.61. The van der Waals surface area contributed by atoms with Crippen LogP contribution in [0.15, 0.2) is 0 Å². The molecule has 1 aliphatic rings. The van der Waals surface area contributed by atoms with Crippen molar-refractivity contribution in [3.8, 4) is 0 Å². The summed E-state index contributed by atoms with van der Waals surface area (Å²) in [6.07, 6.45) is 1.85. The molecule has 0 saturated carbocycles. The molecule has 1 saturated heterocycles. The maximum Gasteiger partial charge on any atom is 0.234 e. The molecule has 1 rings (SSSR count). The highest BCUT2D eigenvalue weighted by Gasteiger charge is 2.20. The Morgan fingerprint density at radius 1 is 1.44 bits per heavy atom. The second-order valence-electron chi connectivity index (χ2n) is 4.36. The van der Waals surface area contributed by atoms with E-state index in [1.54, 1.807) is 0 Å². The van der Waals surface area contributed by atoms with E-state index in [2.05, 4.69) is 17.3 Å². The molecule has 0 spiro atoms. The summed E-state index contributed by atoms with van der Waals surface area (Å²) >= 11 is 0. The molecule has 6 nitrogen and oxygen atoms in total. The normalized spacial score (nSPS) is 20.4. The number of piperidine rings is 1. The van der Waals surface area contributed by atoms with Crippen molar-refractivity contribution in [2.45, 2.75) is 31.3 Å². The maximum absolute atomic E-state index is 11.5. The van der Waals surface area contributed by atoms with Crippen LogP contribution in [-0.4, -0.2) is 48.9 Å². The summed E-state index contributed by atoms with van der Waals surface area (Å²) in [5.74, 6) is -0.834. The molecule has 1 unspecified atom stereocenters. The number of amides is 2. The number of nitrogens with one attached hydrogen (secondary N) is 1. The third-order valence-corrected chi connectivity index (χ3v) is 2.85. The maximum atomic E-state index is 11.5. The van der Waals surface area contributed by atoms with Crippen LogP contribution in [0.2, 0.25) is 0 Å². The summed E-state index contributed by atoms with van der Waals surface area (Å²) in [5.41, 5.74) is 10.4. The first-order valence-electron chi connectivity index (χ1n) is 5.52. The van der Waals surface area contributed by atoms with Crippen molar-refractivity contribution in [2.24, 2.45) is 11.5 Å². The molecule has 2 amide bonds. The number of likely N-dealkylation sites (tertiary alicyclic amines) is 1. The van der Waals surface area contributed by atoms with Crippen molar-refractivity contribution in [1.82, 2.24) is 10.2 Å². The molecule has 5 N–H and O–H groups in total. The SMILES string of the molecule is CN1CCC(NC(=O)CC(N)C(N)=O)CC1. The Kier molecular flexibility index (Phi) is 4.70. The predicted molar refractivity (Wildman–Crippen MR) is 60.4 cm³/mol. The summed E-state index contributed by atoms with van der Waals surface area (Å²) in [6.45, 7) is 1.96. The molecule has 0 aromatic heterocycles. The number of hydrogen-bond acceptors (Lipinski definition) is 4. The van der Waals surface area contributed by atoms with Crippen molar-refractivity contribution in [3.05, 3.63) is 0 Å². The second kappa shape index (κ2) is 5.81. The van der Waals surface area contributed by atoms with E-state index in [4.69, 9.17) is 11.5 Å². The first-order valence-corrected chi connectivity index (χ1v) is 5.52. The molecule has 0 aliphatic carbocycles. The smallest absolute Gasteiger partial charge is 0.234 e. The van der Waals surface area contributed by atoms with Crippen LogP contribution in [0.1, 0.15) is 19.3 Å². The lowest BCUT2D eigenvalue weighted by molar-refractivity contribution is -0.126. The van der Waals surface area contributed by atoms with Crippen LogP contribution in [0.25, 0.3) is 0 Å². The number of hydrogen-bond donors (Lipinski definition) is 3. The fourth-order valence-corrected chi connectivity index (χ4v) is 1.74. The Hall–Kier alpha value is -1.14. The lowest BCUT2D eigenvalue weighted by Gasteiger charge is -2.29. The summed E-state index contributed by atoms with van der Waals surface area (Å²) in [4.78, 5) is 24.4. The zero-order chi connectivity index (χ0) is 12.1. The van der Waals surface area contributed by atoms with Crippen LogP contribution in [0.5, 0.6) is 0 Å². The average Bonchev–Trinajstić information content (AvgIpc) is 2.21. The van der Waals surface area contributed by atoms with E-state index >= 15 is 0 Å². The van der Waals surface area contributed by atoms with Gasteiger partial charge >= 0.3 is 0 Å². The lowest BCUT2D eigenvalue weighted by Crippen LogP contribution is -2.46. The van der Waals surface area contributed by atoms with Crippen LogP contribution in [-0.2, 0) is 9.59 Å². The summed E-state index contributed by atoms with van der Waals surface area (Å²) in [7, 11) is 2.06. The van der Waals surface area contributed by atoms with Gasteiger partial charge in [-0.1, -0.05) is 0 Å². The van der Waals surface area contributed by atoms with Gasteiger partial charge in [0.25, 0.3) is 0 Å². The highest BCUT2D eigenvalue weighted by molar-refractivity contribution is 5.87. The van der Waals surface area contributed by atoms with Crippen LogP contribution in [0, 0.1) is 0 Å². The molecule has 0 radical (unpaired) electrons. The minimum Gasteiger partial charge on any atom is -0.368 e. The molecule has 6 heteroatoms. The van der Waals surface area contributed by atoms with Crippen LogP contribution in [0.3, 0.4) is 0 Å². The summed E-state index contributed by atoms with van der Waals surface area (Å²) in [6, 6.07) is -0.685. The van der Waals surface area contributed by atoms with Gasteiger partial charge in [-0.25, -0.2) is 0 Å². The molecule has 1 aliphatic heterocycles. The zero-order valence-electron chi connectivity index (χ0n) is 9.61. The molecule has 16 heavy (non-hydrogen) atoms. The molecule has 0 aromatic carbocycles. The van der Waals surface area contributed by atoms with Gasteiger partial charge in [0.1, 0.15) is 0 Å². The Bertz CT molecular complexity index is 262. The third-order valence-electron chi connectivity index (χ3n) is 2.85. The van der Waals surface area contributed by atoms with E-state index in [9.17, 15) is 9.59 Å². The van der Waals surface area contributed by atoms with Crippen LogP contribution in [0.4, 0.5) is 0 Å². The predicted octanol–water partition coefficient (Wildman–Crippen LogP) is -1.60. The molecular weight excluding hydrogens is 208 g/mol. The molecule has 1 heterocycles. The number of carbonyl (C=O) groups excluding carboxylic acids is 2. The van der Waals surface area contributed by atoms with Crippen molar-refractivity contribution < 1.29 is 9.59 Å². The third kappa shape index (κ3) is 4.16. The van der Waals surface area contributed by atoms with E-state index in [1.165, 1.54) is 0 Å². The van der Waals surface area contributed by atoms with Gasteiger partial charge in [0, 0.05) is 6.04 Å². The van der Waals surface area contributed by atoms with Gasteiger partial charge in [0.15, 0.2) is 0 Å². The quantitative estimate of drug-likeness (QED) is 0.539. The fraction of sp³-hybridized carbons (Fsp3) is 0.800. The Labute approximate surface area is 95.3 Å². The largest absolute Gasteiger partial charge is 0.368 e. The van der Waals surface area contributed by atoms with Crippen molar-refractivity contribution in [2.75, 3.05) is 20.1 Å². The minimum absolute atomic E-state index is 0.0261. The van der Waals surface area contributed by atoms with Gasteiger partial charge in [-0.15, -0.1) is 0 Å². The fourth-order valence-electron chi connectivity index (χ4n) is 1.74. The monoisotopic (exact) mass is 228 g/mol. The Morgan fingerprint density at radius 2 is 2.00 bits per heavy atom. The van der Waals surface area contributed by atoms with Crippen molar-refractivity contribution in [1.29, 1.82) is 0 Å². The topological polar surface area (TPSA) is 101 Å². The van der Waals surface area contributed by atoms with Gasteiger partial charge in [-0.2, -0.15) is 0 Å². The minimum atomic E-state index is -0.883. The first kappa shape index (κ1) is 12.9. The van der Waals surface area contributed by atoms with Crippen LogP contribution >= 0.6 is 0 Å². The van der Waals surface area contributed by atoms with Gasteiger partial charge < -0.3 is 21.7 Å². The van der Waals surface area contributed by atoms with E-state index in [0.29, 0.717) is 0 Å². The molecular formula is C10H20N4O2. The standard InChI is InChI=1S/C10H20N4O2/c1-14-4-2-7(3-5-14)13-9(15)6-8(11)10(12)16/h7-8H,2-6,11H2,1H3,(H2,12,16)(H,13,15). The van der Waals surface area contributed by atoms with E-state index < -0.39 is 11.9 Å². The molecule has 1 fully saturated rings. The molecule has 92 valence electrons. The van der Waals surface area contributed by atoms with Gasteiger partial charge in [-0.05, 0) is 33.0 Å². The van der Waals surface area contributed by atoms with Gasteiger partial charge in [0.2, 0.25) is 11.8 Å². The van der Waals surface area contributed by atoms with Crippen molar-refractivity contribution >= 4 is 11.8 Å². The number of nitrogens with two attached hydrogens (primary N) is 2. The van der Waals surface area contributed by atoms with E-state index in [1.807, 2.05) is 0 Å². The van der Waals surface area contributed by atoms with E-state index in [-0.39, 0.29) is 18.4 Å². The van der Waals surface area contributed by atoms with Crippen LogP contribution < -0.4 is 16.8 Å². The van der Waals surface area contributed by atoms with E-state index in [0.717, 1.165) is 25.9 Å². The lowest BCUT2D eigenvalue weighted by atomic mass is 10.0. The van der Waals surface area contributed by atoms with Gasteiger partial charge in [0.05, 0.1) is 12.5 Å². The Balaban J connectivity index is 2.26. The molecule has 0 aromatic rings. The Morgan fingerprint density at radius 3 is 2.50 bits per heavy atom. The first-order chi connectivity index (χ1) is 7.49. The van der Waals surface area contributed by atoms with Gasteiger partial charge in [-0.3, -0.25) is 9.59 Å². The second-order valence-corrected chi connectivity index (χ2v) is 4.36. The summed E-state index contributed by atoms with van der Waals surface area (Å²) < 4.78 is 0. The highest BCUT2D eigenvalue weighted by atomic mass is 16.2. The summed E-state index contributed by atoms with van der Waals surface area (Å²) in [5, 5.41) is 2.87. The number of nitrogens with zero attached hydrogens (tertiary/aromatic N) is 1. The van der Waals surface area contributed by atoms with Crippen molar-refractivity contribution in [3.63, 3.8) is 0 Å². The number of carbonyl (C=O) groups is 2. The number of rotatable bonds is 4. The number of primary amides is 1. The average molecular weight is 228 g/mol. The molecule has 1 atom stereocenters.